The number of amides is 3. The molecule has 5 atom stereocenters. The molecule has 0 saturated carbocycles. The van der Waals surface area contributed by atoms with Crippen LogP contribution in [0.3, 0.4) is 0 Å². The lowest BCUT2D eigenvalue weighted by atomic mass is 9.88. The average molecular weight is 533 g/mol. The van der Waals surface area contributed by atoms with Crippen molar-refractivity contribution in [3.05, 3.63) is 29.8 Å². The lowest BCUT2D eigenvalue weighted by Crippen LogP contribution is -2.58. The fourth-order valence-electron chi connectivity index (χ4n) is 4.30. The number of aromatic hydroxyl groups is 1. The Kier molecular flexibility index (Phi) is 11.6. The first-order chi connectivity index (χ1) is 17.8. The summed E-state index contributed by atoms with van der Waals surface area (Å²) in [6, 6.07) is 3.35. The summed E-state index contributed by atoms with van der Waals surface area (Å²) in [7, 11) is 0. The number of phenols is 1. The van der Waals surface area contributed by atoms with Crippen LogP contribution in [0.2, 0.25) is 0 Å². The second kappa shape index (κ2) is 14.1. The second-order valence-corrected chi connectivity index (χ2v) is 11.5. The third-order valence-electron chi connectivity index (χ3n) is 7.03. The molecule has 1 aromatic carbocycles. The molecular weight excluding hydrogens is 488 g/mol. The molecule has 10 nitrogen and oxygen atoms in total. The molecule has 212 valence electrons. The molecule has 0 bridgehead atoms. The molecular formula is C28H44N4O6. The van der Waals surface area contributed by atoms with Crippen LogP contribution in [0, 0.1) is 17.3 Å². The number of nitrogens with one attached hydrogen (secondary N) is 4. The highest BCUT2D eigenvalue weighted by atomic mass is 16.4. The van der Waals surface area contributed by atoms with E-state index in [9.17, 15) is 29.4 Å². The first-order valence-electron chi connectivity index (χ1n) is 13.4. The first kappa shape index (κ1) is 31.1. The van der Waals surface area contributed by atoms with E-state index in [1.54, 1.807) is 12.1 Å². The number of carbonyl (C=O) groups excluding carboxylic acids is 3. The van der Waals surface area contributed by atoms with Crippen LogP contribution in [0.15, 0.2) is 24.3 Å². The molecule has 0 aromatic heterocycles. The van der Waals surface area contributed by atoms with Gasteiger partial charge in [0.05, 0.1) is 5.92 Å². The van der Waals surface area contributed by atoms with E-state index in [0.717, 1.165) is 12.1 Å². The topological polar surface area (TPSA) is 157 Å². The molecule has 0 spiro atoms. The van der Waals surface area contributed by atoms with Gasteiger partial charge in [0.15, 0.2) is 0 Å². The summed E-state index contributed by atoms with van der Waals surface area (Å²) in [6.07, 6.45) is 2.27. The van der Waals surface area contributed by atoms with E-state index in [0.29, 0.717) is 25.8 Å². The van der Waals surface area contributed by atoms with Crippen LogP contribution in [-0.2, 0) is 25.6 Å². The second-order valence-electron chi connectivity index (χ2n) is 11.5. The summed E-state index contributed by atoms with van der Waals surface area (Å²) < 4.78 is 0. The average Bonchev–Trinajstić information content (AvgIpc) is 3.39. The Morgan fingerprint density at radius 2 is 1.68 bits per heavy atom. The first-order valence-corrected chi connectivity index (χ1v) is 13.4. The van der Waals surface area contributed by atoms with Gasteiger partial charge < -0.3 is 31.5 Å². The quantitative estimate of drug-likeness (QED) is 0.227. The van der Waals surface area contributed by atoms with Crippen molar-refractivity contribution in [1.82, 2.24) is 21.3 Å². The minimum atomic E-state index is -1.13. The van der Waals surface area contributed by atoms with Crippen LogP contribution in [0.5, 0.6) is 5.75 Å². The molecule has 1 aliphatic rings. The summed E-state index contributed by atoms with van der Waals surface area (Å²) in [5.41, 5.74) is 0.627. The van der Waals surface area contributed by atoms with Crippen LogP contribution in [0.1, 0.15) is 65.9 Å². The third-order valence-corrected chi connectivity index (χ3v) is 7.03. The van der Waals surface area contributed by atoms with Crippen molar-refractivity contribution in [2.24, 2.45) is 17.3 Å². The van der Waals surface area contributed by atoms with E-state index in [1.807, 2.05) is 34.6 Å². The Morgan fingerprint density at radius 1 is 1.03 bits per heavy atom. The Bertz CT molecular complexity index is 953. The number of hydrogen-bond donors (Lipinski definition) is 6. The van der Waals surface area contributed by atoms with Gasteiger partial charge in [0.2, 0.25) is 17.7 Å². The summed E-state index contributed by atoms with van der Waals surface area (Å²) >= 11 is 0. The largest absolute Gasteiger partial charge is 0.508 e. The van der Waals surface area contributed by atoms with Crippen LogP contribution in [-0.4, -0.2) is 65.1 Å². The zero-order valence-corrected chi connectivity index (χ0v) is 23.2. The normalized spacial score (nSPS) is 18.6. The zero-order chi connectivity index (χ0) is 28.5. The molecule has 0 aliphatic carbocycles. The van der Waals surface area contributed by atoms with Gasteiger partial charge in [-0.05, 0) is 54.8 Å². The highest BCUT2D eigenvalue weighted by Crippen LogP contribution is 2.22. The van der Waals surface area contributed by atoms with Crippen molar-refractivity contribution in [2.45, 2.75) is 84.8 Å². The van der Waals surface area contributed by atoms with E-state index >= 15 is 0 Å². The van der Waals surface area contributed by atoms with Gasteiger partial charge in [-0.15, -0.1) is 0 Å². The summed E-state index contributed by atoms with van der Waals surface area (Å²) in [5.74, 6) is -2.91. The Hall–Kier alpha value is -3.14. The summed E-state index contributed by atoms with van der Waals surface area (Å²) in [6.45, 7) is 11.0. The maximum absolute atomic E-state index is 13.5. The predicted octanol–water partition coefficient (Wildman–Crippen LogP) is 1.96. The number of carboxylic acid groups (broad SMARTS) is 1. The Labute approximate surface area is 225 Å². The van der Waals surface area contributed by atoms with Crippen molar-refractivity contribution in [2.75, 3.05) is 13.1 Å². The molecule has 0 radical (unpaired) electrons. The van der Waals surface area contributed by atoms with E-state index in [2.05, 4.69) is 21.3 Å². The van der Waals surface area contributed by atoms with E-state index in [1.165, 1.54) is 12.1 Å². The smallest absolute Gasteiger partial charge is 0.326 e. The number of carbonyl (C=O) groups is 4. The minimum absolute atomic E-state index is 0.0868. The standard InChI is InChI=1S/C28H44N4O6/c1-6-17(2)23(26(36)30-21(27(37)38)11-13-28(3,4)5)32-25(35)22(15-18-7-9-20(33)10-8-18)31-24(34)19-12-14-29-16-19/h7-10,17,19,21-23,29,33H,6,11-16H2,1-5H3,(H,30,36)(H,31,34)(H,32,35)(H,37,38)/t17?,19-,21?,22?,23?/m0/s1. The van der Waals surface area contributed by atoms with Gasteiger partial charge in [-0.1, -0.05) is 53.2 Å². The molecule has 10 heteroatoms. The van der Waals surface area contributed by atoms with Crippen molar-refractivity contribution in [3.8, 4) is 5.75 Å². The maximum atomic E-state index is 13.5. The van der Waals surface area contributed by atoms with Gasteiger partial charge >= 0.3 is 5.97 Å². The zero-order valence-electron chi connectivity index (χ0n) is 23.2. The Balaban J connectivity index is 2.20. The fourth-order valence-corrected chi connectivity index (χ4v) is 4.30. The fraction of sp³-hybridized carbons (Fsp3) is 0.643. The minimum Gasteiger partial charge on any atom is -0.508 e. The van der Waals surface area contributed by atoms with Gasteiger partial charge in [-0.3, -0.25) is 14.4 Å². The number of carboxylic acids is 1. The van der Waals surface area contributed by atoms with Crippen LogP contribution < -0.4 is 21.3 Å². The number of phenolic OH excluding ortho intramolecular Hbond substituents is 1. The van der Waals surface area contributed by atoms with Crippen molar-refractivity contribution in [1.29, 1.82) is 0 Å². The van der Waals surface area contributed by atoms with Crippen LogP contribution in [0.4, 0.5) is 0 Å². The molecule has 1 saturated heterocycles. The van der Waals surface area contributed by atoms with E-state index in [-0.39, 0.29) is 41.7 Å². The number of benzene rings is 1. The molecule has 4 unspecified atom stereocenters. The van der Waals surface area contributed by atoms with Gasteiger partial charge in [0.25, 0.3) is 0 Å². The predicted molar refractivity (Wildman–Crippen MR) is 144 cm³/mol. The SMILES string of the molecule is CCC(C)C(NC(=O)C(Cc1ccc(O)cc1)NC(=O)[C@H]1CCNC1)C(=O)NC(CCC(C)(C)C)C(=O)O. The van der Waals surface area contributed by atoms with Crippen molar-refractivity contribution in [3.63, 3.8) is 0 Å². The van der Waals surface area contributed by atoms with Crippen molar-refractivity contribution < 1.29 is 29.4 Å². The number of hydrogen-bond acceptors (Lipinski definition) is 6. The highest BCUT2D eigenvalue weighted by Gasteiger charge is 2.34. The number of aliphatic carboxylic acids is 1. The molecule has 6 N–H and O–H groups in total. The lowest BCUT2D eigenvalue weighted by Gasteiger charge is -2.29. The molecule has 3 amide bonds. The van der Waals surface area contributed by atoms with Gasteiger partial charge in [-0.2, -0.15) is 0 Å². The molecule has 1 aromatic rings. The highest BCUT2D eigenvalue weighted by molar-refractivity contribution is 5.94. The van der Waals surface area contributed by atoms with E-state index in [4.69, 9.17) is 0 Å². The molecule has 1 heterocycles. The maximum Gasteiger partial charge on any atom is 0.326 e. The summed E-state index contributed by atoms with van der Waals surface area (Å²) in [4.78, 5) is 51.5. The summed E-state index contributed by atoms with van der Waals surface area (Å²) in [5, 5.41) is 30.7. The Morgan fingerprint density at radius 3 is 2.21 bits per heavy atom. The lowest BCUT2D eigenvalue weighted by molar-refractivity contribution is -0.143. The monoisotopic (exact) mass is 532 g/mol. The molecule has 2 rings (SSSR count). The third kappa shape index (κ3) is 9.96. The van der Waals surface area contributed by atoms with Gasteiger partial charge in [0, 0.05) is 13.0 Å². The van der Waals surface area contributed by atoms with E-state index < -0.39 is 35.9 Å². The molecule has 1 aliphatic heterocycles. The van der Waals surface area contributed by atoms with Crippen LogP contribution in [0.25, 0.3) is 0 Å². The van der Waals surface area contributed by atoms with Gasteiger partial charge in [-0.25, -0.2) is 4.79 Å². The van der Waals surface area contributed by atoms with Gasteiger partial charge in [0.1, 0.15) is 23.9 Å². The molecule has 38 heavy (non-hydrogen) atoms. The van der Waals surface area contributed by atoms with Crippen LogP contribution >= 0.6 is 0 Å². The molecule has 1 fully saturated rings. The number of rotatable bonds is 13. The van der Waals surface area contributed by atoms with Crippen molar-refractivity contribution >= 4 is 23.7 Å².